The lowest BCUT2D eigenvalue weighted by atomic mass is 10.0. The maximum Gasteiger partial charge on any atom is 0.242 e. The number of aryl methyl sites for hydroxylation is 2. The molecule has 2 aromatic rings. The normalized spacial score (nSPS) is 20.5. The Balaban J connectivity index is 1.67. The number of benzene rings is 2. The molecule has 1 saturated heterocycles. The first-order chi connectivity index (χ1) is 11.0. The molecular formula is C18H20ClN3O. The SMILES string of the molecule is Cc1cc(C)cc(NC(=O)C2CC(c3ccccc3Cl)NN2)c1. The van der Waals surface area contributed by atoms with Crippen molar-refractivity contribution in [1.29, 1.82) is 0 Å². The number of hydrazine groups is 1. The van der Waals surface area contributed by atoms with Gasteiger partial charge in [0.25, 0.3) is 0 Å². The van der Waals surface area contributed by atoms with Gasteiger partial charge < -0.3 is 5.32 Å². The minimum Gasteiger partial charge on any atom is -0.325 e. The molecule has 0 radical (unpaired) electrons. The molecule has 1 heterocycles. The molecule has 1 amide bonds. The standard InChI is InChI=1S/C18H20ClN3O/c1-11-7-12(2)9-13(8-11)20-18(23)17-10-16(21-22-17)14-5-3-4-6-15(14)19/h3-9,16-17,21-22H,10H2,1-2H3,(H,20,23). The van der Waals surface area contributed by atoms with Gasteiger partial charge in [-0.1, -0.05) is 35.9 Å². The molecule has 1 aliphatic heterocycles. The van der Waals surface area contributed by atoms with E-state index in [4.69, 9.17) is 11.6 Å². The lowest BCUT2D eigenvalue weighted by Crippen LogP contribution is -2.39. The monoisotopic (exact) mass is 329 g/mol. The van der Waals surface area contributed by atoms with Crippen LogP contribution in [-0.2, 0) is 4.79 Å². The smallest absolute Gasteiger partial charge is 0.242 e. The van der Waals surface area contributed by atoms with Crippen molar-refractivity contribution < 1.29 is 4.79 Å². The maximum atomic E-state index is 12.5. The first-order valence-corrected chi connectivity index (χ1v) is 8.05. The van der Waals surface area contributed by atoms with Crippen LogP contribution in [0.5, 0.6) is 0 Å². The highest BCUT2D eigenvalue weighted by Crippen LogP contribution is 2.28. The molecule has 2 unspecified atom stereocenters. The third kappa shape index (κ3) is 3.72. The molecule has 2 aromatic carbocycles. The van der Waals surface area contributed by atoms with Crippen LogP contribution in [0.25, 0.3) is 0 Å². The Kier molecular flexibility index (Phi) is 4.66. The molecule has 1 aliphatic rings. The molecule has 3 N–H and O–H groups in total. The first-order valence-electron chi connectivity index (χ1n) is 7.67. The zero-order chi connectivity index (χ0) is 16.4. The second-order valence-corrected chi connectivity index (χ2v) is 6.42. The van der Waals surface area contributed by atoms with E-state index in [1.54, 1.807) is 0 Å². The molecule has 2 atom stereocenters. The number of hydrogen-bond acceptors (Lipinski definition) is 3. The predicted molar refractivity (Wildman–Crippen MR) is 93.4 cm³/mol. The van der Waals surface area contributed by atoms with E-state index in [2.05, 4.69) is 22.2 Å². The first kappa shape index (κ1) is 16.0. The van der Waals surface area contributed by atoms with Crippen LogP contribution in [0.2, 0.25) is 5.02 Å². The van der Waals surface area contributed by atoms with E-state index in [-0.39, 0.29) is 18.0 Å². The number of carbonyl (C=O) groups is 1. The zero-order valence-corrected chi connectivity index (χ0v) is 13.9. The highest BCUT2D eigenvalue weighted by atomic mass is 35.5. The fraction of sp³-hybridized carbons (Fsp3) is 0.278. The van der Waals surface area contributed by atoms with Gasteiger partial charge >= 0.3 is 0 Å². The van der Waals surface area contributed by atoms with Gasteiger partial charge in [0.2, 0.25) is 5.91 Å². The van der Waals surface area contributed by atoms with Crippen LogP contribution in [0.4, 0.5) is 5.69 Å². The number of anilines is 1. The second kappa shape index (κ2) is 6.71. The van der Waals surface area contributed by atoms with Crippen LogP contribution in [0.1, 0.15) is 29.2 Å². The summed E-state index contributed by atoms with van der Waals surface area (Å²) in [5.74, 6) is -0.0444. The Labute approximate surface area is 141 Å². The Morgan fingerprint density at radius 3 is 2.52 bits per heavy atom. The summed E-state index contributed by atoms with van der Waals surface area (Å²) in [5, 5.41) is 3.69. The van der Waals surface area contributed by atoms with Gasteiger partial charge in [0.1, 0.15) is 6.04 Å². The van der Waals surface area contributed by atoms with Crippen molar-refractivity contribution in [2.24, 2.45) is 0 Å². The van der Waals surface area contributed by atoms with E-state index in [1.807, 2.05) is 50.2 Å². The predicted octanol–water partition coefficient (Wildman–Crippen LogP) is 3.50. The minimum atomic E-state index is -0.294. The van der Waals surface area contributed by atoms with Crippen LogP contribution < -0.4 is 16.2 Å². The topological polar surface area (TPSA) is 53.2 Å². The van der Waals surface area contributed by atoms with E-state index in [0.29, 0.717) is 11.4 Å². The van der Waals surface area contributed by atoms with Gasteiger partial charge in [-0.15, -0.1) is 0 Å². The van der Waals surface area contributed by atoms with E-state index >= 15 is 0 Å². The summed E-state index contributed by atoms with van der Waals surface area (Å²) in [6.45, 7) is 4.04. The molecule has 1 fully saturated rings. The van der Waals surface area contributed by atoms with Crippen molar-refractivity contribution in [2.75, 3.05) is 5.32 Å². The lowest BCUT2D eigenvalue weighted by Gasteiger charge is -2.12. The fourth-order valence-electron chi connectivity index (χ4n) is 2.97. The Morgan fingerprint density at radius 2 is 1.83 bits per heavy atom. The molecular weight excluding hydrogens is 310 g/mol. The molecule has 0 aromatic heterocycles. The molecule has 0 aliphatic carbocycles. The molecule has 0 bridgehead atoms. The number of rotatable bonds is 3. The van der Waals surface area contributed by atoms with Crippen molar-refractivity contribution in [2.45, 2.75) is 32.4 Å². The molecule has 5 heteroatoms. The van der Waals surface area contributed by atoms with Gasteiger partial charge in [0.15, 0.2) is 0 Å². The number of halogens is 1. The van der Waals surface area contributed by atoms with E-state index in [9.17, 15) is 4.79 Å². The van der Waals surface area contributed by atoms with Crippen molar-refractivity contribution in [3.8, 4) is 0 Å². The summed E-state index contributed by atoms with van der Waals surface area (Å²) in [6.07, 6.45) is 0.653. The Hall–Kier alpha value is -1.88. The van der Waals surface area contributed by atoms with Crippen molar-refractivity contribution in [3.05, 3.63) is 64.2 Å². The zero-order valence-electron chi connectivity index (χ0n) is 13.2. The van der Waals surface area contributed by atoms with E-state index in [0.717, 1.165) is 22.4 Å². The summed E-state index contributed by atoms with van der Waals surface area (Å²) in [6, 6.07) is 13.4. The van der Waals surface area contributed by atoms with Crippen LogP contribution in [-0.4, -0.2) is 11.9 Å². The van der Waals surface area contributed by atoms with E-state index in [1.165, 1.54) is 0 Å². The maximum absolute atomic E-state index is 12.5. The average Bonchev–Trinajstić information content (AvgIpc) is 2.96. The minimum absolute atomic E-state index is 0.0266. The number of carbonyl (C=O) groups excluding carboxylic acids is 1. The molecule has 23 heavy (non-hydrogen) atoms. The highest BCUT2D eigenvalue weighted by molar-refractivity contribution is 6.31. The summed E-state index contributed by atoms with van der Waals surface area (Å²) in [4.78, 5) is 12.5. The van der Waals surface area contributed by atoms with E-state index < -0.39 is 0 Å². The van der Waals surface area contributed by atoms with Gasteiger partial charge in [-0.3, -0.25) is 4.79 Å². The number of nitrogens with one attached hydrogen (secondary N) is 3. The third-order valence-electron chi connectivity index (χ3n) is 3.99. The highest BCUT2D eigenvalue weighted by Gasteiger charge is 2.31. The largest absolute Gasteiger partial charge is 0.325 e. The van der Waals surface area contributed by atoms with Crippen LogP contribution >= 0.6 is 11.6 Å². The average molecular weight is 330 g/mol. The van der Waals surface area contributed by atoms with Gasteiger partial charge in [0.05, 0.1) is 0 Å². The summed E-state index contributed by atoms with van der Waals surface area (Å²) < 4.78 is 0. The summed E-state index contributed by atoms with van der Waals surface area (Å²) >= 11 is 6.23. The molecule has 3 rings (SSSR count). The number of amides is 1. The van der Waals surface area contributed by atoms with Crippen molar-refractivity contribution in [1.82, 2.24) is 10.9 Å². The van der Waals surface area contributed by atoms with Crippen LogP contribution in [0, 0.1) is 13.8 Å². The van der Waals surface area contributed by atoms with Gasteiger partial charge in [-0.25, -0.2) is 10.9 Å². The summed E-state index contributed by atoms with van der Waals surface area (Å²) in [7, 11) is 0. The number of hydrogen-bond donors (Lipinski definition) is 3. The van der Waals surface area contributed by atoms with Gasteiger partial charge in [-0.2, -0.15) is 0 Å². The van der Waals surface area contributed by atoms with Gasteiger partial charge in [0, 0.05) is 16.8 Å². The Bertz CT molecular complexity index is 712. The molecule has 0 saturated carbocycles. The Morgan fingerprint density at radius 1 is 1.13 bits per heavy atom. The molecule has 120 valence electrons. The van der Waals surface area contributed by atoms with Gasteiger partial charge in [-0.05, 0) is 55.2 Å². The fourth-order valence-corrected chi connectivity index (χ4v) is 3.23. The van der Waals surface area contributed by atoms with Crippen LogP contribution in [0.3, 0.4) is 0 Å². The third-order valence-corrected chi connectivity index (χ3v) is 4.33. The summed E-state index contributed by atoms with van der Waals surface area (Å²) in [5.41, 5.74) is 10.3. The van der Waals surface area contributed by atoms with Crippen molar-refractivity contribution >= 4 is 23.2 Å². The lowest BCUT2D eigenvalue weighted by molar-refractivity contribution is -0.117. The van der Waals surface area contributed by atoms with Crippen molar-refractivity contribution in [3.63, 3.8) is 0 Å². The second-order valence-electron chi connectivity index (χ2n) is 6.02. The van der Waals surface area contributed by atoms with Crippen LogP contribution in [0.15, 0.2) is 42.5 Å². The quantitative estimate of drug-likeness (QED) is 0.807. The molecule has 4 nitrogen and oxygen atoms in total. The molecule has 0 spiro atoms.